The average molecular weight is 351 g/mol. The second kappa shape index (κ2) is 8.29. The van der Waals surface area contributed by atoms with Gasteiger partial charge >= 0.3 is 6.09 Å². The fourth-order valence-corrected chi connectivity index (χ4v) is 1.96. The highest BCUT2D eigenvalue weighted by atomic mass is 35.5. The molecule has 0 saturated carbocycles. The number of carbonyl (C=O) groups excluding carboxylic acids is 1. The summed E-state index contributed by atoms with van der Waals surface area (Å²) in [4.78, 5) is 15.1. The summed E-state index contributed by atoms with van der Waals surface area (Å²) in [7, 11) is 0. The van der Waals surface area contributed by atoms with Crippen molar-refractivity contribution in [2.24, 2.45) is 10.9 Å². The minimum absolute atomic E-state index is 0.0133. The number of hydrogen-bond donors (Lipinski definition) is 1. The van der Waals surface area contributed by atoms with Crippen molar-refractivity contribution in [2.75, 3.05) is 6.61 Å². The van der Waals surface area contributed by atoms with Crippen molar-refractivity contribution >= 4 is 52.4 Å². The molecule has 0 saturated heterocycles. The van der Waals surface area contributed by atoms with Gasteiger partial charge in [-0.1, -0.05) is 37.0 Å². The van der Waals surface area contributed by atoms with Gasteiger partial charge in [-0.05, 0) is 29.8 Å². The Morgan fingerprint density at radius 2 is 2.19 bits per heavy atom. The number of alkyl carbamates (subject to hydrolysis) is 1. The Hall–Kier alpha value is -1.20. The van der Waals surface area contributed by atoms with Crippen LogP contribution >= 0.6 is 35.4 Å². The normalized spacial score (nSPS) is 10.2. The van der Waals surface area contributed by atoms with Crippen LogP contribution in [0.2, 0.25) is 10.0 Å². The molecule has 0 radical (unpaired) electrons. The third-order valence-electron chi connectivity index (χ3n) is 2.34. The summed E-state index contributed by atoms with van der Waals surface area (Å²) in [6.07, 6.45) is -0.616. The summed E-state index contributed by atoms with van der Waals surface area (Å²) in [5, 5.41) is 4.40. The molecule has 8 heteroatoms. The van der Waals surface area contributed by atoms with Crippen LogP contribution in [0.4, 0.5) is 14.9 Å². The molecular weight excluding hydrogens is 338 g/mol. The molecule has 1 aromatic carbocycles. The molecule has 1 aromatic rings. The minimum Gasteiger partial charge on any atom is -0.449 e. The molecule has 0 heterocycles. The maximum absolute atomic E-state index is 13.7. The average Bonchev–Trinajstić information content (AvgIpc) is 2.43. The fraction of sp³-hybridized carbons (Fsp3) is 0.385. The van der Waals surface area contributed by atoms with Gasteiger partial charge in [0.15, 0.2) is 0 Å². The number of ether oxygens (including phenoxy) is 1. The molecule has 1 amide bonds. The van der Waals surface area contributed by atoms with Crippen molar-refractivity contribution in [3.05, 3.63) is 27.5 Å². The first-order valence-corrected chi connectivity index (χ1v) is 7.18. The van der Waals surface area contributed by atoms with Crippen molar-refractivity contribution in [1.29, 1.82) is 0 Å². The Kier molecular flexibility index (Phi) is 7.05. The van der Waals surface area contributed by atoms with Crippen molar-refractivity contribution in [3.63, 3.8) is 0 Å². The fourth-order valence-electron chi connectivity index (χ4n) is 1.37. The molecule has 0 fully saturated rings. The quantitative estimate of drug-likeness (QED) is 0.473. The third-order valence-corrected chi connectivity index (χ3v) is 3.21. The van der Waals surface area contributed by atoms with Crippen LogP contribution in [0, 0.1) is 11.7 Å². The summed E-state index contributed by atoms with van der Waals surface area (Å²) in [6, 6.07) is 1.12. The summed E-state index contributed by atoms with van der Waals surface area (Å²) >= 11 is 16.3. The molecule has 0 aliphatic rings. The predicted octanol–water partition coefficient (Wildman–Crippen LogP) is 4.75. The summed E-state index contributed by atoms with van der Waals surface area (Å²) in [6.45, 7) is 4.08. The number of carbonyl (C=O) groups is 1. The van der Waals surface area contributed by atoms with E-state index < -0.39 is 11.9 Å². The Balaban J connectivity index is 2.85. The standard InChI is InChI=1S/C13H13Cl2FN2O2S/c1-7(2)5-20-13(19)17-4-8-3-9(16)11(15)12(10(8)14)18-6-21/h3,7H,4-5H2,1-2H3,(H,17,19). The van der Waals surface area contributed by atoms with Crippen molar-refractivity contribution < 1.29 is 13.9 Å². The molecule has 0 aromatic heterocycles. The van der Waals surface area contributed by atoms with Crippen LogP contribution in [-0.4, -0.2) is 17.9 Å². The lowest BCUT2D eigenvalue weighted by molar-refractivity contribution is 0.132. The Morgan fingerprint density at radius 1 is 1.52 bits per heavy atom. The van der Waals surface area contributed by atoms with E-state index in [1.165, 1.54) is 0 Å². The van der Waals surface area contributed by atoms with Crippen molar-refractivity contribution in [3.8, 4) is 0 Å². The van der Waals surface area contributed by atoms with E-state index in [0.717, 1.165) is 6.07 Å². The molecule has 0 atom stereocenters. The number of rotatable bonds is 5. The smallest absolute Gasteiger partial charge is 0.407 e. The maximum Gasteiger partial charge on any atom is 0.407 e. The van der Waals surface area contributed by atoms with Gasteiger partial charge in [0, 0.05) is 6.54 Å². The van der Waals surface area contributed by atoms with Crippen LogP contribution in [0.1, 0.15) is 19.4 Å². The van der Waals surface area contributed by atoms with E-state index in [1.807, 2.05) is 13.8 Å². The monoisotopic (exact) mass is 350 g/mol. The number of amides is 1. The number of aliphatic imine (C=N–C) groups is 1. The van der Waals surface area contributed by atoms with E-state index in [4.69, 9.17) is 27.9 Å². The third kappa shape index (κ3) is 5.25. The first-order valence-electron chi connectivity index (χ1n) is 6.01. The first kappa shape index (κ1) is 17.9. The Bertz CT molecular complexity index is 590. The zero-order valence-electron chi connectivity index (χ0n) is 11.4. The van der Waals surface area contributed by atoms with E-state index in [1.54, 1.807) is 0 Å². The van der Waals surface area contributed by atoms with Crippen LogP contribution < -0.4 is 5.32 Å². The topological polar surface area (TPSA) is 50.7 Å². The molecule has 0 aliphatic heterocycles. The summed E-state index contributed by atoms with van der Waals surface area (Å²) in [5.74, 6) is -0.492. The van der Waals surface area contributed by atoms with Gasteiger partial charge in [0.05, 0.1) is 16.8 Å². The number of isothiocyanates is 1. The van der Waals surface area contributed by atoms with Gasteiger partial charge in [0.25, 0.3) is 0 Å². The van der Waals surface area contributed by atoms with Crippen LogP contribution in [0.3, 0.4) is 0 Å². The number of halogens is 3. The minimum atomic E-state index is -0.711. The number of thiocarbonyl (C=S) groups is 1. The zero-order valence-corrected chi connectivity index (χ0v) is 13.7. The van der Waals surface area contributed by atoms with E-state index >= 15 is 0 Å². The highest BCUT2D eigenvalue weighted by Gasteiger charge is 2.16. The lowest BCUT2D eigenvalue weighted by Crippen LogP contribution is -2.25. The van der Waals surface area contributed by atoms with Gasteiger partial charge in [-0.2, -0.15) is 4.99 Å². The van der Waals surface area contributed by atoms with E-state index in [0.29, 0.717) is 5.56 Å². The SMILES string of the molecule is CC(C)COC(=O)NCc1cc(F)c(Cl)c(N=C=S)c1Cl. The number of benzene rings is 1. The largest absolute Gasteiger partial charge is 0.449 e. The molecule has 0 aliphatic carbocycles. The lowest BCUT2D eigenvalue weighted by Gasteiger charge is -2.11. The lowest BCUT2D eigenvalue weighted by atomic mass is 10.2. The van der Waals surface area contributed by atoms with E-state index in [-0.39, 0.29) is 34.8 Å². The number of nitrogens with one attached hydrogen (secondary N) is 1. The molecule has 0 unspecified atom stereocenters. The molecule has 4 nitrogen and oxygen atoms in total. The van der Waals surface area contributed by atoms with Gasteiger partial charge in [0.2, 0.25) is 0 Å². The van der Waals surface area contributed by atoms with Gasteiger partial charge in [-0.3, -0.25) is 0 Å². The van der Waals surface area contributed by atoms with E-state index in [2.05, 4.69) is 27.7 Å². The summed E-state index contributed by atoms with van der Waals surface area (Å²) < 4.78 is 18.6. The Labute approximate surface area is 137 Å². The zero-order chi connectivity index (χ0) is 16.0. The molecule has 114 valence electrons. The van der Waals surface area contributed by atoms with Crippen LogP contribution in [0.25, 0.3) is 0 Å². The highest BCUT2D eigenvalue weighted by Crippen LogP contribution is 2.37. The Morgan fingerprint density at radius 3 is 2.76 bits per heavy atom. The number of hydrogen-bond acceptors (Lipinski definition) is 4. The van der Waals surface area contributed by atoms with Crippen molar-refractivity contribution in [1.82, 2.24) is 5.32 Å². The summed E-state index contributed by atoms with van der Waals surface area (Å²) in [5.41, 5.74) is 0.296. The van der Waals surface area contributed by atoms with Gasteiger partial charge < -0.3 is 10.1 Å². The van der Waals surface area contributed by atoms with Gasteiger partial charge in [-0.25, -0.2) is 9.18 Å². The van der Waals surface area contributed by atoms with Crippen LogP contribution in [0.15, 0.2) is 11.1 Å². The molecule has 1 rings (SSSR count). The van der Waals surface area contributed by atoms with Crippen molar-refractivity contribution in [2.45, 2.75) is 20.4 Å². The molecule has 1 N–H and O–H groups in total. The molecular formula is C13H13Cl2FN2O2S. The molecule has 0 spiro atoms. The van der Waals surface area contributed by atoms with Gasteiger partial charge in [-0.15, -0.1) is 0 Å². The second-order valence-corrected chi connectivity index (χ2v) is 5.48. The van der Waals surface area contributed by atoms with E-state index in [9.17, 15) is 9.18 Å². The van der Waals surface area contributed by atoms with Gasteiger partial charge in [0.1, 0.15) is 16.5 Å². The maximum atomic E-state index is 13.7. The van der Waals surface area contributed by atoms with Crippen LogP contribution in [0.5, 0.6) is 0 Å². The molecule has 0 bridgehead atoms. The first-order chi connectivity index (χ1) is 9.86. The second-order valence-electron chi connectivity index (χ2n) is 4.54. The molecule has 21 heavy (non-hydrogen) atoms. The number of nitrogens with zero attached hydrogens (tertiary/aromatic N) is 1. The van der Waals surface area contributed by atoms with Crippen LogP contribution in [-0.2, 0) is 11.3 Å². The predicted molar refractivity (Wildman–Crippen MR) is 84.1 cm³/mol. The highest BCUT2D eigenvalue weighted by molar-refractivity contribution is 7.78.